The molecule has 2 heterocycles. The molecule has 0 saturated carbocycles. The van der Waals surface area contributed by atoms with E-state index in [1.165, 1.54) is 19.2 Å². The van der Waals surface area contributed by atoms with Crippen LogP contribution in [-0.2, 0) is 16.9 Å². The van der Waals surface area contributed by atoms with Gasteiger partial charge in [0.1, 0.15) is 12.4 Å². The number of hydrogen-bond acceptors (Lipinski definition) is 6. The number of rotatable bonds is 6. The highest BCUT2D eigenvalue weighted by molar-refractivity contribution is 6.32. The van der Waals surface area contributed by atoms with Crippen LogP contribution >= 0.6 is 11.6 Å². The molecule has 3 aromatic rings. The summed E-state index contributed by atoms with van der Waals surface area (Å²) < 4.78 is 24.9. The van der Waals surface area contributed by atoms with Crippen LogP contribution in [0.5, 0.6) is 11.5 Å². The number of nitro groups is 1. The van der Waals surface area contributed by atoms with E-state index in [1.54, 1.807) is 60.5 Å². The zero-order valence-corrected chi connectivity index (χ0v) is 20.3. The molecule has 186 valence electrons. The van der Waals surface area contributed by atoms with Crippen molar-refractivity contribution in [3.63, 3.8) is 0 Å². The van der Waals surface area contributed by atoms with Crippen LogP contribution in [-0.4, -0.2) is 42.5 Å². The smallest absolute Gasteiger partial charge is 0.256 e. The summed E-state index contributed by atoms with van der Waals surface area (Å²) in [6.07, 6.45) is 0. The fourth-order valence-corrected chi connectivity index (χ4v) is 5.73. The summed E-state index contributed by atoms with van der Waals surface area (Å²) in [5.74, 6) is -0.938. The standard InChI is InChI=1S/C26H23ClFN3O5/c1-30-13-18(24(31(33)34)26(30)19-8-3-4-9-21(19)29-25(26)32)16-11-20(27)23(22(12-16)35-2)36-14-15-6-5-7-17(28)10-15/h3-12,18,24H,13-14H2,1-2H3,(H,29,32)/t18-,24-,26+/m0/s1. The Balaban J connectivity index is 1.53. The molecular weight excluding hydrogens is 489 g/mol. The second-order valence-corrected chi connectivity index (χ2v) is 9.34. The number of hydrogen-bond donors (Lipinski definition) is 1. The highest BCUT2D eigenvalue weighted by Gasteiger charge is 2.68. The lowest BCUT2D eigenvalue weighted by Gasteiger charge is -2.30. The summed E-state index contributed by atoms with van der Waals surface area (Å²) in [6, 6.07) is 15.0. The van der Waals surface area contributed by atoms with Gasteiger partial charge in [-0.3, -0.25) is 19.8 Å². The summed E-state index contributed by atoms with van der Waals surface area (Å²) in [5, 5.41) is 15.5. The largest absolute Gasteiger partial charge is 0.493 e. The maximum atomic E-state index is 13.5. The molecule has 1 fully saturated rings. The lowest BCUT2D eigenvalue weighted by Crippen LogP contribution is -2.54. The summed E-state index contributed by atoms with van der Waals surface area (Å²) >= 11 is 6.57. The molecule has 0 bridgehead atoms. The second-order valence-electron chi connectivity index (χ2n) is 8.94. The Kier molecular flexibility index (Phi) is 6.05. The molecule has 0 radical (unpaired) electrons. The SMILES string of the molecule is COc1cc([C@@H]2CN(C)[C@@]3(C(=O)Nc4ccccc43)[C@H]2[N+](=O)[O-])cc(Cl)c1OCc1cccc(F)c1. The molecule has 2 aliphatic heterocycles. The Morgan fingerprint density at radius 2 is 2.00 bits per heavy atom. The normalized spacial score (nSPS) is 22.9. The van der Waals surface area contributed by atoms with Crippen LogP contribution in [0.4, 0.5) is 10.1 Å². The quantitative estimate of drug-likeness (QED) is 0.384. The fraction of sp³-hybridized carbons (Fsp3) is 0.269. The predicted octanol–water partition coefficient (Wildman–Crippen LogP) is 4.59. The molecule has 0 unspecified atom stereocenters. The Hall–Kier alpha value is -3.69. The number of nitrogens with zero attached hydrogens (tertiary/aromatic N) is 2. The number of likely N-dealkylation sites (tertiary alicyclic amines) is 1. The molecule has 0 aromatic heterocycles. The number of ether oxygens (including phenoxy) is 2. The molecule has 1 N–H and O–H groups in total. The Morgan fingerprint density at radius 1 is 1.22 bits per heavy atom. The number of carbonyl (C=O) groups is 1. The molecule has 10 heteroatoms. The van der Waals surface area contributed by atoms with Crippen LogP contribution in [0.1, 0.15) is 22.6 Å². The van der Waals surface area contributed by atoms with E-state index in [0.717, 1.165) is 0 Å². The first-order valence-electron chi connectivity index (χ1n) is 11.3. The van der Waals surface area contributed by atoms with Crippen LogP contribution in [0.2, 0.25) is 5.02 Å². The topological polar surface area (TPSA) is 93.9 Å². The minimum absolute atomic E-state index is 0.0525. The Labute approximate surface area is 211 Å². The molecule has 1 amide bonds. The molecule has 1 saturated heterocycles. The minimum atomic E-state index is -1.46. The van der Waals surface area contributed by atoms with E-state index in [9.17, 15) is 19.3 Å². The Bertz CT molecular complexity index is 1370. The maximum Gasteiger partial charge on any atom is 0.256 e. The zero-order chi connectivity index (χ0) is 25.6. The van der Waals surface area contributed by atoms with E-state index < -0.39 is 23.4 Å². The number of fused-ring (bicyclic) bond motifs is 2. The lowest BCUT2D eigenvalue weighted by atomic mass is 9.79. The van der Waals surface area contributed by atoms with Gasteiger partial charge in [0.05, 0.1) is 18.1 Å². The van der Waals surface area contributed by atoms with Gasteiger partial charge in [0.15, 0.2) is 17.0 Å². The van der Waals surface area contributed by atoms with Gasteiger partial charge >= 0.3 is 0 Å². The summed E-state index contributed by atoms with van der Waals surface area (Å²) in [5.41, 5.74) is 0.846. The number of likely N-dealkylation sites (N-methyl/N-ethyl adjacent to an activating group) is 1. The molecule has 1 spiro atoms. The van der Waals surface area contributed by atoms with Gasteiger partial charge in [0, 0.05) is 22.7 Å². The molecule has 8 nitrogen and oxygen atoms in total. The van der Waals surface area contributed by atoms with Crippen molar-refractivity contribution in [3.05, 3.63) is 98.3 Å². The van der Waals surface area contributed by atoms with Gasteiger partial charge in [0.2, 0.25) is 0 Å². The number of methoxy groups -OCH3 is 1. The predicted molar refractivity (Wildman–Crippen MR) is 132 cm³/mol. The molecule has 5 rings (SSSR count). The third-order valence-electron chi connectivity index (χ3n) is 6.99. The van der Waals surface area contributed by atoms with Crippen molar-refractivity contribution >= 4 is 23.2 Å². The van der Waals surface area contributed by atoms with Gasteiger partial charge in [-0.15, -0.1) is 0 Å². The molecule has 36 heavy (non-hydrogen) atoms. The summed E-state index contributed by atoms with van der Waals surface area (Å²) in [4.78, 5) is 27.2. The van der Waals surface area contributed by atoms with Crippen molar-refractivity contribution < 1.29 is 23.6 Å². The third-order valence-corrected chi connectivity index (χ3v) is 7.27. The maximum absolute atomic E-state index is 13.5. The van der Waals surface area contributed by atoms with Gasteiger partial charge < -0.3 is 14.8 Å². The lowest BCUT2D eigenvalue weighted by molar-refractivity contribution is -0.534. The van der Waals surface area contributed by atoms with Crippen molar-refractivity contribution in [1.82, 2.24) is 4.90 Å². The average Bonchev–Trinajstić information content (AvgIpc) is 3.32. The van der Waals surface area contributed by atoms with Crippen LogP contribution in [0.15, 0.2) is 60.7 Å². The minimum Gasteiger partial charge on any atom is -0.493 e. The van der Waals surface area contributed by atoms with E-state index in [2.05, 4.69) is 5.32 Å². The van der Waals surface area contributed by atoms with Gasteiger partial charge in [-0.25, -0.2) is 4.39 Å². The van der Waals surface area contributed by atoms with E-state index in [-0.39, 0.29) is 40.4 Å². The van der Waals surface area contributed by atoms with Crippen LogP contribution < -0.4 is 14.8 Å². The highest BCUT2D eigenvalue weighted by Crippen LogP contribution is 2.53. The number of halogens is 2. The van der Waals surface area contributed by atoms with Crippen molar-refractivity contribution in [2.24, 2.45) is 0 Å². The number of carbonyl (C=O) groups excluding carboxylic acids is 1. The van der Waals surface area contributed by atoms with E-state index >= 15 is 0 Å². The number of para-hydroxylation sites is 1. The third kappa shape index (κ3) is 3.66. The first kappa shape index (κ1) is 24.0. The van der Waals surface area contributed by atoms with Gasteiger partial charge in [-0.2, -0.15) is 0 Å². The van der Waals surface area contributed by atoms with Crippen molar-refractivity contribution in [2.75, 3.05) is 26.0 Å². The van der Waals surface area contributed by atoms with E-state index in [1.807, 2.05) is 0 Å². The van der Waals surface area contributed by atoms with Crippen molar-refractivity contribution in [3.8, 4) is 11.5 Å². The number of amides is 1. The first-order valence-corrected chi connectivity index (χ1v) is 11.7. The van der Waals surface area contributed by atoms with Gasteiger partial charge in [-0.05, 0) is 48.5 Å². The highest BCUT2D eigenvalue weighted by atomic mass is 35.5. The van der Waals surface area contributed by atoms with E-state index in [4.69, 9.17) is 21.1 Å². The summed E-state index contributed by atoms with van der Waals surface area (Å²) in [6.45, 7) is 0.299. The summed E-state index contributed by atoms with van der Waals surface area (Å²) in [7, 11) is 3.16. The van der Waals surface area contributed by atoms with Crippen LogP contribution in [0.25, 0.3) is 0 Å². The average molecular weight is 512 g/mol. The number of nitrogens with one attached hydrogen (secondary N) is 1. The van der Waals surface area contributed by atoms with Crippen LogP contribution in [0.3, 0.4) is 0 Å². The molecule has 3 atom stereocenters. The van der Waals surface area contributed by atoms with Gasteiger partial charge in [0.25, 0.3) is 11.9 Å². The fourth-order valence-electron chi connectivity index (χ4n) is 5.46. The molecule has 3 aromatic carbocycles. The number of anilines is 1. The molecule has 0 aliphatic carbocycles. The van der Waals surface area contributed by atoms with Crippen molar-refractivity contribution in [1.29, 1.82) is 0 Å². The van der Waals surface area contributed by atoms with Crippen molar-refractivity contribution in [2.45, 2.75) is 24.1 Å². The number of benzene rings is 3. The van der Waals surface area contributed by atoms with E-state index in [0.29, 0.717) is 22.4 Å². The Morgan fingerprint density at radius 3 is 2.72 bits per heavy atom. The molecular formula is C26H23ClFN3O5. The first-order chi connectivity index (χ1) is 17.3. The zero-order valence-electron chi connectivity index (χ0n) is 19.5. The van der Waals surface area contributed by atoms with Crippen LogP contribution in [0, 0.1) is 15.9 Å². The molecule has 2 aliphatic rings. The monoisotopic (exact) mass is 511 g/mol. The van der Waals surface area contributed by atoms with Gasteiger partial charge in [-0.1, -0.05) is 41.9 Å². The second kappa shape index (κ2) is 9.07.